The molecule has 0 saturated heterocycles. The summed E-state index contributed by atoms with van der Waals surface area (Å²) in [6.07, 6.45) is 1.67. The van der Waals surface area contributed by atoms with Crippen molar-refractivity contribution in [3.63, 3.8) is 0 Å². The minimum Gasteiger partial charge on any atom is -0.455 e. The highest BCUT2D eigenvalue weighted by atomic mass is 35.5. The van der Waals surface area contributed by atoms with Crippen LogP contribution in [0.25, 0.3) is 0 Å². The highest BCUT2D eigenvalue weighted by molar-refractivity contribution is 6.30. The van der Waals surface area contributed by atoms with E-state index in [0.29, 0.717) is 11.6 Å². The van der Waals surface area contributed by atoms with E-state index in [-0.39, 0.29) is 18.9 Å². The molecule has 1 N–H and O–H groups in total. The molecule has 1 aromatic rings. The van der Waals surface area contributed by atoms with Gasteiger partial charge in [0, 0.05) is 11.6 Å². The minimum absolute atomic E-state index is 0.117. The minimum atomic E-state index is -0.453. The summed E-state index contributed by atoms with van der Waals surface area (Å²) < 4.78 is 4.82. The van der Waals surface area contributed by atoms with E-state index in [9.17, 15) is 9.59 Å². The van der Waals surface area contributed by atoms with Crippen molar-refractivity contribution in [3.05, 3.63) is 47.5 Å². The number of amides is 1. The normalized spacial score (nSPS) is 9.61. The summed E-state index contributed by atoms with van der Waals surface area (Å²) in [5.74, 6) is -0.801. The van der Waals surface area contributed by atoms with E-state index in [1.54, 1.807) is 30.3 Å². The van der Waals surface area contributed by atoms with Crippen LogP contribution in [0.3, 0.4) is 0 Å². The molecule has 4 nitrogen and oxygen atoms in total. The lowest BCUT2D eigenvalue weighted by Gasteiger charge is -2.05. The van der Waals surface area contributed by atoms with Crippen molar-refractivity contribution in [2.24, 2.45) is 0 Å². The Hall–Kier alpha value is -1.81. The number of carbonyl (C=O) groups excluding carboxylic acids is 2. The molecule has 1 amide bonds. The Balaban J connectivity index is 2.31. The van der Waals surface area contributed by atoms with Gasteiger partial charge < -0.3 is 10.1 Å². The number of hydrogen-bond acceptors (Lipinski definition) is 3. The number of esters is 1. The van der Waals surface area contributed by atoms with E-state index < -0.39 is 5.97 Å². The van der Waals surface area contributed by atoms with E-state index in [1.807, 2.05) is 0 Å². The molecule has 0 atom stereocenters. The van der Waals surface area contributed by atoms with E-state index >= 15 is 0 Å². The van der Waals surface area contributed by atoms with Crippen molar-refractivity contribution in [2.45, 2.75) is 6.42 Å². The van der Waals surface area contributed by atoms with Crippen molar-refractivity contribution < 1.29 is 14.3 Å². The van der Waals surface area contributed by atoms with Gasteiger partial charge in [0.1, 0.15) is 0 Å². The van der Waals surface area contributed by atoms with Crippen molar-refractivity contribution in [1.29, 1.82) is 0 Å². The predicted octanol–water partition coefficient (Wildman–Crippen LogP) is 1.73. The molecule has 1 aromatic carbocycles. The molecule has 0 aliphatic rings. The molecule has 18 heavy (non-hydrogen) atoms. The van der Waals surface area contributed by atoms with Gasteiger partial charge in [-0.25, -0.2) is 0 Å². The van der Waals surface area contributed by atoms with Crippen LogP contribution in [0.5, 0.6) is 0 Å². The quantitative estimate of drug-likeness (QED) is 0.631. The fraction of sp³-hybridized carbons (Fsp3) is 0.231. The third-order valence-electron chi connectivity index (χ3n) is 2.07. The van der Waals surface area contributed by atoms with Gasteiger partial charge in [0.05, 0.1) is 6.42 Å². The summed E-state index contributed by atoms with van der Waals surface area (Å²) in [6.45, 7) is 3.53. The molecule has 0 aliphatic heterocycles. The highest BCUT2D eigenvalue weighted by Crippen LogP contribution is 2.10. The number of halogens is 1. The van der Waals surface area contributed by atoms with Crippen LogP contribution in [0.1, 0.15) is 5.56 Å². The van der Waals surface area contributed by atoms with Crippen LogP contribution in [0.4, 0.5) is 0 Å². The molecule has 0 aliphatic carbocycles. The van der Waals surface area contributed by atoms with Crippen LogP contribution in [-0.2, 0) is 20.7 Å². The molecule has 0 spiro atoms. The van der Waals surface area contributed by atoms with Gasteiger partial charge in [0.15, 0.2) is 6.61 Å². The van der Waals surface area contributed by atoms with Gasteiger partial charge >= 0.3 is 5.97 Å². The Morgan fingerprint density at radius 3 is 2.61 bits per heavy atom. The van der Waals surface area contributed by atoms with Crippen LogP contribution in [0.15, 0.2) is 36.9 Å². The first kappa shape index (κ1) is 14.3. The summed E-state index contributed by atoms with van der Waals surface area (Å²) >= 11 is 5.72. The molecule has 96 valence electrons. The SMILES string of the molecule is C=CCNC(=O)COC(=O)Cc1ccc(Cl)cc1. The van der Waals surface area contributed by atoms with Crippen molar-refractivity contribution in [1.82, 2.24) is 5.32 Å². The number of ether oxygens (including phenoxy) is 1. The van der Waals surface area contributed by atoms with Crippen LogP contribution >= 0.6 is 11.6 Å². The fourth-order valence-electron chi connectivity index (χ4n) is 1.20. The lowest BCUT2D eigenvalue weighted by molar-refractivity contribution is -0.147. The van der Waals surface area contributed by atoms with Crippen LogP contribution in [-0.4, -0.2) is 25.0 Å². The third kappa shape index (κ3) is 5.50. The zero-order valence-electron chi connectivity index (χ0n) is 9.82. The molecule has 0 unspecified atom stereocenters. The summed E-state index contributed by atoms with van der Waals surface area (Å²) in [5, 5.41) is 3.11. The largest absolute Gasteiger partial charge is 0.455 e. The van der Waals surface area contributed by atoms with Gasteiger partial charge in [-0.05, 0) is 17.7 Å². The third-order valence-corrected chi connectivity index (χ3v) is 2.32. The van der Waals surface area contributed by atoms with E-state index in [0.717, 1.165) is 5.56 Å². The maximum atomic E-state index is 11.4. The first-order chi connectivity index (χ1) is 8.61. The summed E-state index contributed by atoms with van der Waals surface area (Å²) in [5.41, 5.74) is 0.788. The lowest BCUT2D eigenvalue weighted by atomic mass is 10.1. The molecule has 0 saturated carbocycles. The van der Waals surface area contributed by atoms with Crippen LogP contribution in [0, 0.1) is 0 Å². The summed E-state index contributed by atoms with van der Waals surface area (Å²) in [6, 6.07) is 6.87. The molecule has 1 rings (SSSR count). The molecule has 0 heterocycles. The first-order valence-corrected chi connectivity index (χ1v) is 5.77. The topological polar surface area (TPSA) is 55.4 Å². The second kappa shape index (κ2) is 7.50. The second-order valence-electron chi connectivity index (χ2n) is 3.56. The Bertz CT molecular complexity index is 428. The smallest absolute Gasteiger partial charge is 0.310 e. The van der Waals surface area contributed by atoms with Crippen molar-refractivity contribution >= 4 is 23.5 Å². The molecular formula is C13H14ClNO3. The van der Waals surface area contributed by atoms with E-state index in [4.69, 9.17) is 16.3 Å². The number of rotatable bonds is 6. The van der Waals surface area contributed by atoms with E-state index in [2.05, 4.69) is 11.9 Å². The van der Waals surface area contributed by atoms with Crippen LogP contribution < -0.4 is 5.32 Å². The Morgan fingerprint density at radius 1 is 1.33 bits per heavy atom. The van der Waals surface area contributed by atoms with Gasteiger partial charge in [0.2, 0.25) is 0 Å². The van der Waals surface area contributed by atoms with Gasteiger partial charge in [0.25, 0.3) is 5.91 Å². The van der Waals surface area contributed by atoms with Gasteiger partial charge in [-0.1, -0.05) is 29.8 Å². The Kier molecular flexibility index (Phi) is 5.94. The molecule has 0 aromatic heterocycles. The molecule has 0 radical (unpaired) electrons. The zero-order chi connectivity index (χ0) is 13.4. The monoisotopic (exact) mass is 267 g/mol. The number of nitrogens with one attached hydrogen (secondary N) is 1. The molecular weight excluding hydrogens is 254 g/mol. The summed E-state index contributed by atoms with van der Waals surface area (Å²) in [7, 11) is 0. The van der Waals surface area contributed by atoms with Crippen molar-refractivity contribution in [2.75, 3.05) is 13.2 Å². The van der Waals surface area contributed by atoms with E-state index in [1.165, 1.54) is 0 Å². The lowest BCUT2D eigenvalue weighted by Crippen LogP contribution is -2.29. The molecule has 0 bridgehead atoms. The van der Waals surface area contributed by atoms with Gasteiger partial charge in [-0.15, -0.1) is 6.58 Å². The maximum Gasteiger partial charge on any atom is 0.310 e. The second-order valence-corrected chi connectivity index (χ2v) is 3.99. The number of benzene rings is 1. The number of carbonyl (C=O) groups is 2. The fourth-order valence-corrected chi connectivity index (χ4v) is 1.33. The maximum absolute atomic E-state index is 11.4. The standard InChI is InChI=1S/C13H14ClNO3/c1-2-7-15-12(16)9-18-13(17)8-10-3-5-11(14)6-4-10/h2-6H,1,7-9H2,(H,15,16). The van der Waals surface area contributed by atoms with Gasteiger partial charge in [-0.2, -0.15) is 0 Å². The summed E-state index contributed by atoms with van der Waals surface area (Å²) in [4.78, 5) is 22.6. The average molecular weight is 268 g/mol. The predicted molar refractivity (Wildman–Crippen MR) is 69.3 cm³/mol. The van der Waals surface area contributed by atoms with Crippen molar-refractivity contribution in [3.8, 4) is 0 Å². The Morgan fingerprint density at radius 2 is 2.00 bits per heavy atom. The zero-order valence-corrected chi connectivity index (χ0v) is 10.6. The first-order valence-electron chi connectivity index (χ1n) is 5.39. The molecule has 0 fully saturated rings. The van der Waals surface area contributed by atoms with Gasteiger partial charge in [-0.3, -0.25) is 9.59 Å². The molecule has 5 heteroatoms. The Labute approximate surface area is 111 Å². The highest BCUT2D eigenvalue weighted by Gasteiger charge is 2.07. The average Bonchev–Trinajstić information content (AvgIpc) is 2.36. The van der Waals surface area contributed by atoms with Crippen LogP contribution in [0.2, 0.25) is 5.02 Å². The number of hydrogen-bond donors (Lipinski definition) is 1.